The van der Waals surface area contributed by atoms with Crippen molar-refractivity contribution in [3.63, 3.8) is 0 Å². The largest absolute Gasteiger partial charge is 0.508 e. The van der Waals surface area contributed by atoms with Crippen LogP contribution in [0.5, 0.6) is 11.5 Å². The van der Waals surface area contributed by atoms with Crippen LogP contribution in [-0.4, -0.2) is 21.8 Å². The predicted octanol–water partition coefficient (Wildman–Crippen LogP) is 4.54. The first kappa shape index (κ1) is 19.4. The second-order valence-corrected chi connectivity index (χ2v) is 5.03. The Kier molecular flexibility index (Phi) is 6.29. The van der Waals surface area contributed by atoms with Gasteiger partial charge in [0.2, 0.25) is 0 Å². The zero-order chi connectivity index (χ0) is 18.6. The number of hydrogen-bond donors (Lipinski definition) is 2. The first-order valence-corrected chi connectivity index (χ1v) is 8.16. The van der Waals surface area contributed by atoms with Crippen LogP contribution in [0.1, 0.15) is 70.7 Å². The summed E-state index contributed by atoms with van der Waals surface area (Å²) in [7, 11) is 0. The third-order valence-electron chi connectivity index (χ3n) is 3.65. The second-order valence-electron chi connectivity index (χ2n) is 5.03. The zero-order valence-corrected chi connectivity index (χ0v) is 15.0. The second kappa shape index (κ2) is 7.77. The molecular formula is C20H24O4. The quantitative estimate of drug-likeness (QED) is 0.635. The summed E-state index contributed by atoms with van der Waals surface area (Å²) in [6.45, 7) is 11.3. The van der Waals surface area contributed by atoms with Gasteiger partial charge in [0.1, 0.15) is 11.5 Å². The molecule has 2 aromatic carbocycles. The summed E-state index contributed by atoms with van der Waals surface area (Å²) in [4.78, 5) is 24.9. The van der Waals surface area contributed by atoms with E-state index in [0.717, 1.165) is 0 Å². The monoisotopic (exact) mass is 328 g/mol. The molecule has 0 radical (unpaired) electrons. The average Bonchev–Trinajstić information content (AvgIpc) is 2.60. The first-order valence-electron chi connectivity index (χ1n) is 8.16. The molecule has 0 saturated heterocycles. The SMILES string of the molecule is CC.CC.Cc1cc2c(cc1O)C(=O)c1cc(C)c(O)cc1C2=O. The first-order chi connectivity index (χ1) is 11.4. The molecule has 2 aromatic rings. The molecule has 1 aliphatic carbocycles. The number of phenolic OH excluding ortho intramolecular Hbond substituents is 2. The minimum absolute atomic E-state index is 0.0103. The van der Waals surface area contributed by atoms with Crippen LogP contribution in [0.25, 0.3) is 0 Å². The molecule has 0 amide bonds. The number of aryl methyl sites for hydroxylation is 2. The Bertz CT molecular complexity index is 659. The number of ketones is 2. The number of hydrogen-bond acceptors (Lipinski definition) is 4. The molecule has 0 heterocycles. The smallest absolute Gasteiger partial charge is 0.194 e. The molecule has 1 aliphatic rings. The van der Waals surface area contributed by atoms with E-state index in [1.165, 1.54) is 24.3 Å². The van der Waals surface area contributed by atoms with E-state index in [1.807, 2.05) is 27.7 Å². The number of carbonyl (C=O) groups is 2. The molecule has 0 aromatic heterocycles. The van der Waals surface area contributed by atoms with Gasteiger partial charge < -0.3 is 10.2 Å². The summed E-state index contributed by atoms with van der Waals surface area (Å²) >= 11 is 0. The van der Waals surface area contributed by atoms with Gasteiger partial charge in [-0.1, -0.05) is 27.7 Å². The fraction of sp³-hybridized carbons (Fsp3) is 0.300. The normalized spacial score (nSPS) is 11.4. The Balaban J connectivity index is 0.000000671. The van der Waals surface area contributed by atoms with Gasteiger partial charge in [0.05, 0.1) is 0 Å². The molecule has 0 fully saturated rings. The Labute approximate surface area is 142 Å². The summed E-state index contributed by atoms with van der Waals surface area (Å²) in [6.07, 6.45) is 0. The van der Waals surface area contributed by atoms with Crippen molar-refractivity contribution >= 4 is 11.6 Å². The van der Waals surface area contributed by atoms with Gasteiger partial charge in [-0.05, 0) is 49.2 Å². The van der Waals surface area contributed by atoms with Crippen molar-refractivity contribution in [2.75, 3.05) is 0 Å². The molecule has 2 N–H and O–H groups in total. The molecule has 3 rings (SSSR count). The molecule has 0 atom stereocenters. The summed E-state index contributed by atoms with van der Waals surface area (Å²) in [5.41, 5.74) is 2.00. The Morgan fingerprint density at radius 3 is 1.12 bits per heavy atom. The van der Waals surface area contributed by atoms with Crippen LogP contribution in [0.3, 0.4) is 0 Å². The van der Waals surface area contributed by atoms with E-state index in [4.69, 9.17) is 0 Å². The molecule has 128 valence electrons. The van der Waals surface area contributed by atoms with Crippen LogP contribution in [0.15, 0.2) is 24.3 Å². The fourth-order valence-corrected chi connectivity index (χ4v) is 2.43. The maximum atomic E-state index is 12.4. The lowest BCUT2D eigenvalue weighted by Gasteiger charge is -2.19. The summed E-state index contributed by atoms with van der Waals surface area (Å²) in [5, 5.41) is 19.4. The lowest BCUT2D eigenvalue weighted by atomic mass is 9.82. The lowest BCUT2D eigenvalue weighted by Crippen LogP contribution is -2.21. The highest BCUT2D eigenvalue weighted by Gasteiger charge is 2.31. The van der Waals surface area contributed by atoms with Gasteiger partial charge in [0, 0.05) is 22.3 Å². The molecule has 0 aliphatic heterocycles. The minimum Gasteiger partial charge on any atom is -0.508 e. The summed E-state index contributed by atoms with van der Waals surface area (Å²) in [5.74, 6) is -0.645. The molecule has 0 unspecified atom stereocenters. The molecule has 0 saturated carbocycles. The van der Waals surface area contributed by atoms with Crippen LogP contribution >= 0.6 is 0 Å². The predicted molar refractivity (Wildman–Crippen MR) is 95.2 cm³/mol. The van der Waals surface area contributed by atoms with E-state index < -0.39 is 0 Å². The van der Waals surface area contributed by atoms with Gasteiger partial charge in [-0.15, -0.1) is 0 Å². The number of benzene rings is 2. The van der Waals surface area contributed by atoms with Crippen molar-refractivity contribution in [2.45, 2.75) is 41.5 Å². The highest BCUT2D eigenvalue weighted by molar-refractivity contribution is 6.28. The zero-order valence-electron chi connectivity index (χ0n) is 15.0. The van der Waals surface area contributed by atoms with Crippen molar-refractivity contribution in [3.8, 4) is 11.5 Å². The van der Waals surface area contributed by atoms with E-state index in [9.17, 15) is 19.8 Å². The van der Waals surface area contributed by atoms with Gasteiger partial charge in [-0.25, -0.2) is 0 Å². The van der Waals surface area contributed by atoms with Gasteiger partial charge >= 0.3 is 0 Å². The van der Waals surface area contributed by atoms with E-state index in [1.54, 1.807) is 13.8 Å². The number of phenols is 2. The van der Waals surface area contributed by atoms with Gasteiger partial charge in [0.15, 0.2) is 11.6 Å². The van der Waals surface area contributed by atoms with Crippen molar-refractivity contribution in [1.82, 2.24) is 0 Å². The minimum atomic E-state index is -0.312. The number of carbonyl (C=O) groups excluding carboxylic acids is 2. The van der Waals surface area contributed by atoms with E-state index in [2.05, 4.69) is 0 Å². The Morgan fingerprint density at radius 2 is 0.833 bits per heavy atom. The number of rotatable bonds is 0. The van der Waals surface area contributed by atoms with Gasteiger partial charge in [-0.3, -0.25) is 9.59 Å². The van der Waals surface area contributed by atoms with Crippen molar-refractivity contribution < 1.29 is 19.8 Å². The lowest BCUT2D eigenvalue weighted by molar-refractivity contribution is 0.0978. The van der Waals surface area contributed by atoms with Gasteiger partial charge in [0.25, 0.3) is 0 Å². The molecule has 0 spiro atoms. The molecule has 0 bridgehead atoms. The maximum Gasteiger partial charge on any atom is 0.194 e. The van der Waals surface area contributed by atoms with E-state index in [0.29, 0.717) is 11.1 Å². The number of fused-ring (bicyclic) bond motifs is 2. The van der Waals surface area contributed by atoms with Crippen LogP contribution in [0, 0.1) is 13.8 Å². The fourth-order valence-electron chi connectivity index (χ4n) is 2.43. The number of aromatic hydroxyl groups is 2. The van der Waals surface area contributed by atoms with Crippen molar-refractivity contribution in [1.29, 1.82) is 0 Å². The van der Waals surface area contributed by atoms with Crippen LogP contribution in [0.2, 0.25) is 0 Å². The summed E-state index contributed by atoms with van der Waals surface area (Å²) < 4.78 is 0. The van der Waals surface area contributed by atoms with Crippen molar-refractivity contribution in [2.24, 2.45) is 0 Å². The maximum absolute atomic E-state index is 12.4. The third kappa shape index (κ3) is 3.18. The van der Waals surface area contributed by atoms with Crippen LogP contribution < -0.4 is 0 Å². The van der Waals surface area contributed by atoms with Crippen LogP contribution in [-0.2, 0) is 0 Å². The molecule has 4 heteroatoms. The van der Waals surface area contributed by atoms with Crippen molar-refractivity contribution in [3.05, 3.63) is 57.6 Å². The summed E-state index contributed by atoms with van der Waals surface area (Å²) in [6, 6.07) is 5.67. The highest BCUT2D eigenvalue weighted by Crippen LogP contribution is 2.34. The third-order valence-corrected chi connectivity index (χ3v) is 3.65. The Hall–Kier alpha value is -2.62. The molecular weight excluding hydrogens is 304 g/mol. The topological polar surface area (TPSA) is 74.6 Å². The van der Waals surface area contributed by atoms with E-state index in [-0.39, 0.29) is 45.3 Å². The van der Waals surface area contributed by atoms with Gasteiger partial charge in [-0.2, -0.15) is 0 Å². The van der Waals surface area contributed by atoms with E-state index >= 15 is 0 Å². The van der Waals surface area contributed by atoms with Crippen LogP contribution in [0.4, 0.5) is 0 Å². The standard InChI is InChI=1S/C16H12O4.2C2H6/c1-7-3-9-11(5-13(7)17)16(20)10-4-8(2)14(18)6-12(10)15(9)19;2*1-2/h3-6,17-18H,1-2H3;2*1-2H3. The molecule has 24 heavy (non-hydrogen) atoms. The molecule has 4 nitrogen and oxygen atoms in total. The Morgan fingerprint density at radius 1 is 0.583 bits per heavy atom. The average molecular weight is 328 g/mol. The highest BCUT2D eigenvalue weighted by atomic mass is 16.3.